The third kappa shape index (κ3) is 2.83. The molecule has 0 amide bonds. The molecule has 112 valence electrons. The lowest BCUT2D eigenvalue weighted by Gasteiger charge is -2.27. The molecule has 0 saturated carbocycles. The molecule has 22 heavy (non-hydrogen) atoms. The fourth-order valence-corrected chi connectivity index (χ4v) is 3.14. The van der Waals surface area contributed by atoms with Crippen molar-refractivity contribution in [3.63, 3.8) is 0 Å². The summed E-state index contributed by atoms with van der Waals surface area (Å²) >= 11 is 7.21. The third-order valence-corrected chi connectivity index (χ3v) is 4.53. The third-order valence-electron chi connectivity index (χ3n) is 3.41. The summed E-state index contributed by atoms with van der Waals surface area (Å²) in [6.45, 7) is 0.0887. The number of nitrogens with zero attached hydrogens (tertiary/aromatic N) is 2. The number of aromatic nitrogens is 2. The Morgan fingerprint density at radius 1 is 1.32 bits per heavy atom. The van der Waals surface area contributed by atoms with E-state index in [1.54, 1.807) is 59.7 Å². The molecule has 0 aliphatic rings. The van der Waals surface area contributed by atoms with E-state index in [0.717, 1.165) is 0 Å². The molecule has 0 bridgehead atoms. The molecule has 3 rings (SSSR count). The van der Waals surface area contributed by atoms with Gasteiger partial charge in [0.2, 0.25) is 5.78 Å². The van der Waals surface area contributed by atoms with Gasteiger partial charge in [0.05, 0.1) is 17.7 Å². The Labute approximate surface area is 136 Å². The van der Waals surface area contributed by atoms with E-state index in [1.165, 1.54) is 11.3 Å². The highest BCUT2D eigenvalue weighted by molar-refractivity contribution is 7.12. The minimum atomic E-state index is -1.67. The summed E-state index contributed by atoms with van der Waals surface area (Å²) in [5, 5.41) is 13.5. The van der Waals surface area contributed by atoms with Gasteiger partial charge in [-0.2, -0.15) is 0 Å². The van der Waals surface area contributed by atoms with Gasteiger partial charge < -0.3 is 9.67 Å². The van der Waals surface area contributed by atoms with Crippen molar-refractivity contribution >= 4 is 28.7 Å². The van der Waals surface area contributed by atoms with E-state index < -0.39 is 5.60 Å². The van der Waals surface area contributed by atoms with Gasteiger partial charge in [-0.3, -0.25) is 4.79 Å². The van der Waals surface area contributed by atoms with Crippen molar-refractivity contribution in [2.24, 2.45) is 0 Å². The van der Waals surface area contributed by atoms with Crippen molar-refractivity contribution in [2.45, 2.75) is 12.1 Å². The monoisotopic (exact) mass is 332 g/mol. The Kier molecular flexibility index (Phi) is 4.11. The van der Waals surface area contributed by atoms with Gasteiger partial charge in [-0.15, -0.1) is 11.3 Å². The molecular weight excluding hydrogens is 320 g/mol. The van der Waals surface area contributed by atoms with Crippen LogP contribution >= 0.6 is 22.9 Å². The van der Waals surface area contributed by atoms with Gasteiger partial charge in [0.15, 0.2) is 5.60 Å². The summed E-state index contributed by atoms with van der Waals surface area (Å²) in [6.07, 6.45) is 4.89. The molecule has 0 fully saturated rings. The highest BCUT2D eigenvalue weighted by atomic mass is 35.5. The van der Waals surface area contributed by atoms with Crippen LogP contribution in [0.25, 0.3) is 0 Å². The van der Waals surface area contributed by atoms with Crippen LogP contribution < -0.4 is 0 Å². The lowest BCUT2D eigenvalue weighted by Crippen LogP contribution is -2.39. The first-order valence-electron chi connectivity index (χ1n) is 6.62. The molecule has 4 nitrogen and oxygen atoms in total. The molecule has 0 saturated heterocycles. The quantitative estimate of drug-likeness (QED) is 0.729. The van der Waals surface area contributed by atoms with E-state index in [2.05, 4.69) is 4.98 Å². The number of rotatable bonds is 5. The van der Waals surface area contributed by atoms with Crippen LogP contribution in [0.4, 0.5) is 0 Å². The van der Waals surface area contributed by atoms with Crippen LogP contribution in [0, 0.1) is 0 Å². The number of ketones is 1. The summed E-state index contributed by atoms with van der Waals surface area (Å²) in [6, 6.07) is 10.2. The van der Waals surface area contributed by atoms with Gasteiger partial charge in [-0.25, -0.2) is 4.98 Å². The summed E-state index contributed by atoms with van der Waals surface area (Å²) in [4.78, 5) is 17.3. The number of hydrogen-bond donors (Lipinski definition) is 1. The molecule has 2 aromatic heterocycles. The summed E-state index contributed by atoms with van der Waals surface area (Å²) in [5.74, 6) is -0.335. The number of carbonyl (C=O) groups is 1. The summed E-state index contributed by atoms with van der Waals surface area (Å²) < 4.78 is 1.68. The van der Waals surface area contributed by atoms with Gasteiger partial charge in [0, 0.05) is 17.4 Å². The van der Waals surface area contributed by atoms with E-state index in [0.29, 0.717) is 15.5 Å². The smallest absolute Gasteiger partial charge is 0.210 e. The molecule has 2 heterocycles. The molecule has 3 aromatic rings. The zero-order valence-electron chi connectivity index (χ0n) is 11.5. The number of imidazole rings is 1. The van der Waals surface area contributed by atoms with Crippen molar-refractivity contribution in [3.8, 4) is 0 Å². The lowest BCUT2D eigenvalue weighted by molar-refractivity contribution is 0.0206. The van der Waals surface area contributed by atoms with Crippen molar-refractivity contribution in [1.82, 2.24) is 9.55 Å². The maximum atomic E-state index is 12.8. The molecule has 0 spiro atoms. The van der Waals surface area contributed by atoms with Gasteiger partial charge in [0.25, 0.3) is 0 Å². The van der Waals surface area contributed by atoms with Crippen molar-refractivity contribution < 1.29 is 9.90 Å². The van der Waals surface area contributed by atoms with Crippen LogP contribution in [-0.4, -0.2) is 20.4 Å². The first kappa shape index (κ1) is 15.0. The predicted octanol–water partition coefficient (Wildman–Crippen LogP) is 3.37. The maximum Gasteiger partial charge on any atom is 0.210 e. The van der Waals surface area contributed by atoms with Crippen LogP contribution in [0.3, 0.4) is 0 Å². The van der Waals surface area contributed by atoms with E-state index >= 15 is 0 Å². The van der Waals surface area contributed by atoms with Crippen LogP contribution in [0.15, 0.2) is 60.5 Å². The van der Waals surface area contributed by atoms with Crippen LogP contribution in [0.2, 0.25) is 5.02 Å². The number of hydrogen-bond acceptors (Lipinski definition) is 4. The molecule has 6 heteroatoms. The van der Waals surface area contributed by atoms with Gasteiger partial charge in [0.1, 0.15) is 0 Å². The van der Waals surface area contributed by atoms with Crippen LogP contribution in [-0.2, 0) is 12.1 Å². The van der Waals surface area contributed by atoms with E-state index in [-0.39, 0.29) is 12.3 Å². The van der Waals surface area contributed by atoms with Crippen molar-refractivity contribution in [3.05, 3.63) is 76.0 Å². The Morgan fingerprint density at radius 3 is 2.68 bits per heavy atom. The molecule has 1 atom stereocenters. The number of thiophene rings is 1. The predicted molar refractivity (Wildman–Crippen MR) is 86.2 cm³/mol. The largest absolute Gasteiger partial charge is 0.375 e. The Morgan fingerprint density at radius 2 is 2.09 bits per heavy atom. The highest BCUT2D eigenvalue weighted by Crippen LogP contribution is 2.30. The number of carbonyl (C=O) groups excluding carboxylic acids is 1. The SMILES string of the molecule is O=C(c1cccs1)C(O)(Cn1ccnc1)c1ccc(Cl)cc1. The van der Waals surface area contributed by atoms with Gasteiger partial charge in [-0.1, -0.05) is 29.8 Å². The van der Waals surface area contributed by atoms with Crippen molar-refractivity contribution in [2.75, 3.05) is 0 Å². The molecule has 0 aliphatic carbocycles. The second kappa shape index (κ2) is 6.04. The molecule has 1 unspecified atom stereocenters. The minimum Gasteiger partial charge on any atom is -0.375 e. The number of Topliss-reactive ketones (excluding diaryl/α,β-unsaturated/α-hetero) is 1. The second-order valence-corrected chi connectivity index (χ2v) is 6.29. The van der Waals surface area contributed by atoms with E-state index in [1.807, 2.05) is 5.38 Å². The van der Waals surface area contributed by atoms with Gasteiger partial charge in [-0.05, 0) is 29.1 Å². The molecular formula is C16H13ClN2O2S. The Bertz CT molecular complexity index is 754. The molecule has 0 aliphatic heterocycles. The second-order valence-electron chi connectivity index (χ2n) is 4.91. The van der Waals surface area contributed by atoms with E-state index in [4.69, 9.17) is 11.6 Å². The van der Waals surface area contributed by atoms with E-state index in [9.17, 15) is 9.90 Å². The summed E-state index contributed by atoms with van der Waals surface area (Å²) in [7, 11) is 0. The van der Waals surface area contributed by atoms with Crippen molar-refractivity contribution in [1.29, 1.82) is 0 Å². The van der Waals surface area contributed by atoms with Gasteiger partial charge >= 0.3 is 0 Å². The Hall–Kier alpha value is -1.95. The topological polar surface area (TPSA) is 55.1 Å². The summed E-state index contributed by atoms with van der Waals surface area (Å²) in [5.41, 5.74) is -1.17. The first-order chi connectivity index (χ1) is 10.6. The minimum absolute atomic E-state index is 0.0887. The fraction of sp³-hybridized carbons (Fsp3) is 0.125. The number of benzene rings is 1. The standard InChI is InChI=1S/C16H13ClN2O2S/c17-13-5-3-12(4-6-13)16(21,10-19-8-7-18-11-19)15(20)14-2-1-9-22-14/h1-9,11,21H,10H2. The Balaban J connectivity index is 2.04. The molecule has 0 radical (unpaired) electrons. The van der Waals surface area contributed by atoms with Crippen LogP contribution in [0.1, 0.15) is 15.2 Å². The normalized spacial score (nSPS) is 13.7. The number of aliphatic hydroxyl groups is 1. The zero-order chi connectivity index (χ0) is 15.6. The average molecular weight is 333 g/mol. The fourth-order valence-electron chi connectivity index (χ4n) is 2.28. The zero-order valence-corrected chi connectivity index (χ0v) is 13.1. The number of halogens is 1. The highest BCUT2D eigenvalue weighted by Gasteiger charge is 2.39. The van der Waals surface area contributed by atoms with Crippen LogP contribution in [0.5, 0.6) is 0 Å². The first-order valence-corrected chi connectivity index (χ1v) is 7.88. The average Bonchev–Trinajstić information content (AvgIpc) is 3.20. The maximum absolute atomic E-state index is 12.8. The molecule has 1 aromatic carbocycles. The molecule has 1 N–H and O–H groups in total. The lowest BCUT2D eigenvalue weighted by atomic mass is 9.88.